The van der Waals surface area contributed by atoms with Gasteiger partial charge in [-0.3, -0.25) is 0 Å². The molecular formula is C14H17ClF3N3O. The Morgan fingerprint density at radius 2 is 1.86 bits per heavy atom. The average Bonchev–Trinajstić information content (AvgIpc) is 2.98. The van der Waals surface area contributed by atoms with Crippen LogP contribution in [0.2, 0.25) is 0 Å². The molecule has 0 aromatic heterocycles. The highest BCUT2D eigenvalue weighted by Gasteiger charge is 2.38. The Hall–Kier alpha value is -1.47. The van der Waals surface area contributed by atoms with Crippen LogP contribution >= 0.6 is 12.4 Å². The third-order valence-corrected chi connectivity index (χ3v) is 4.12. The minimum atomic E-state index is -4.41. The first-order valence-electron chi connectivity index (χ1n) is 6.87. The number of carbonyl (C=O) groups excluding carboxylic acids is 1. The Morgan fingerprint density at radius 3 is 2.45 bits per heavy atom. The number of carbonyl (C=O) groups is 1. The molecule has 2 aliphatic heterocycles. The number of rotatable bonds is 1. The van der Waals surface area contributed by atoms with Gasteiger partial charge in [-0.25, -0.2) is 4.79 Å². The summed E-state index contributed by atoms with van der Waals surface area (Å²) in [4.78, 5) is 13.8. The van der Waals surface area contributed by atoms with E-state index in [1.807, 2.05) is 0 Å². The molecule has 2 aliphatic rings. The van der Waals surface area contributed by atoms with Gasteiger partial charge in [0.1, 0.15) is 0 Å². The number of amides is 2. The summed E-state index contributed by atoms with van der Waals surface area (Å²) in [6.45, 7) is 3.11. The summed E-state index contributed by atoms with van der Waals surface area (Å²) >= 11 is 0. The van der Waals surface area contributed by atoms with Crippen LogP contribution in [0, 0.1) is 11.8 Å². The number of fused-ring (bicyclic) bond motifs is 1. The predicted octanol–water partition coefficient (Wildman–Crippen LogP) is 2.81. The van der Waals surface area contributed by atoms with Crippen molar-refractivity contribution in [2.45, 2.75) is 6.18 Å². The molecule has 0 aliphatic carbocycles. The standard InChI is InChI=1S/C14H16F3N3O.ClH/c15-14(16,17)11-2-1-3-12(4-11)19-13(21)20-7-9-5-18-6-10(9)8-20;/h1-4,9-10,18H,5-8H2,(H,19,21);1H. The molecule has 3 rings (SSSR count). The van der Waals surface area contributed by atoms with Gasteiger partial charge in [0.25, 0.3) is 0 Å². The van der Waals surface area contributed by atoms with Crippen molar-refractivity contribution < 1.29 is 18.0 Å². The Balaban J connectivity index is 0.00000176. The second kappa shape index (κ2) is 6.34. The van der Waals surface area contributed by atoms with Gasteiger partial charge in [-0.15, -0.1) is 12.4 Å². The number of nitrogens with one attached hydrogen (secondary N) is 2. The van der Waals surface area contributed by atoms with Gasteiger partial charge in [-0.05, 0) is 30.0 Å². The molecule has 1 aromatic rings. The lowest BCUT2D eigenvalue weighted by atomic mass is 10.0. The van der Waals surface area contributed by atoms with E-state index in [1.165, 1.54) is 12.1 Å². The van der Waals surface area contributed by atoms with Crippen molar-refractivity contribution in [2.24, 2.45) is 11.8 Å². The molecular weight excluding hydrogens is 319 g/mol. The molecule has 4 nitrogen and oxygen atoms in total. The lowest BCUT2D eigenvalue weighted by Crippen LogP contribution is -2.35. The molecule has 22 heavy (non-hydrogen) atoms. The number of benzene rings is 1. The molecule has 122 valence electrons. The molecule has 0 bridgehead atoms. The number of urea groups is 1. The summed E-state index contributed by atoms with van der Waals surface area (Å²) in [6.07, 6.45) is -4.41. The fourth-order valence-corrected chi connectivity index (χ4v) is 3.00. The van der Waals surface area contributed by atoms with E-state index in [-0.39, 0.29) is 24.1 Å². The number of alkyl halides is 3. The van der Waals surface area contributed by atoms with Gasteiger partial charge in [-0.2, -0.15) is 13.2 Å². The highest BCUT2D eigenvalue weighted by molar-refractivity contribution is 5.89. The van der Waals surface area contributed by atoms with Gasteiger partial charge in [0, 0.05) is 31.9 Å². The summed E-state index contributed by atoms with van der Waals surface area (Å²) in [5, 5.41) is 5.83. The van der Waals surface area contributed by atoms with Gasteiger partial charge in [-0.1, -0.05) is 6.07 Å². The average molecular weight is 336 g/mol. The van der Waals surface area contributed by atoms with E-state index in [0.717, 1.165) is 25.2 Å². The molecule has 0 spiro atoms. The van der Waals surface area contributed by atoms with Crippen LogP contribution in [0.25, 0.3) is 0 Å². The van der Waals surface area contributed by atoms with Gasteiger partial charge in [0.05, 0.1) is 5.56 Å². The molecule has 0 saturated carbocycles. The van der Waals surface area contributed by atoms with Crippen molar-refractivity contribution in [3.63, 3.8) is 0 Å². The summed E-state index contributed by atoms with van der Waals surface area (Å²) in [5.74, 6) is 0.912. The lowest BCUT2D eigenvalue weighted by Gasteiger charge is -2.18. The van der Waals surface area contributed by atoms with Crippen LogP contribution in [-0.4, -0.2) is 37.1 Å². The summed E-state index contributed by atoms with van der Waals surface area (Å²) < 4.78 is 37.9. The predicted molar refractivity (Wildman–Crippen MR) is 79.1 cm³/mol. The topological polar surface area (TPSA) is 44.4 Å². The van der Waals surface area contributed by atoms with E-state index >= 15 is 0 Å². The van der Waals surface area contributed by atoms with Crippen LogP contribution in [-0.2, 0) is 6.18 Å². The minimum absolute atomic E-state index is 0. The normalized spacial score (nSPS) is 23.9. The zero-order valence-electron chi connectivity index (χ0n) is 11.7. The largest absolute Gasteiger partial charge is 0.416 e. The SMILES string of the molecule is Cl.O=C(Nc1cccc(C(F)(F)F)c1)N1CC2CNCC2C1. The van der Waals surface area contributed by atoms with E-state index in [9.17, 15) is 18.0 Å². The molecule has 2 heterocycles. The number of nitrogens with zero attached hydrogens (tertiary/aromatic N) is 1. The van der Waals surface area contributed by atoms with Crippen LogP contribution in [0.3, 0.4) is 0 Å². The van der Waals surface area contributed by atoms with Gasteiger partial charge in [0.15, 0.2) is 0 Å². The summed E-state index contributed by atoms with van der Waals surface area (Å²) in [7, 11) is 0. The van der Waals surface area contributed by atoms with E-state index in [1.54, 1.807) is 4.90 Å². The molecule has 1 aromatic carbocycles. The highest BCUT2D eigenvalue weighted by Crippen LogP contribution is 2.31. The number of likely N-dealkylation sites (tertiary alicyclic amines) is 1. The Labute approximate surface area is 132 Å². The van der Waals surface area contributed by atoms with Gasteiger partial charge < -0.3 is 15.5 Å². The van der Waals surface area contributed by atoms with Crippen molar-refractivity contribution in [3.8, 4) is 0 Å². The van der Waals surface area contributed by atoms with E-state index in [4.69, 9.17) is 0 Å². The van der Waals surface area contributed by atoms with E-state index in [0.29, 0.717) is 24.9 Å². The van der Waals surface area contributed by atoms with Gasteiger partial charge >= 0.3 is 12.2 Å². The molecule has 0 radical (unpaired) electrons. The van der Waals surface area contributed by atoms with Crippen LogP contribution in [0.5, 0.6) is 0 Å². The van der Waals surface area contributed by atoms with Gasteiger partial charge in [0.2, 0.25) is 0 Å². The summed E-state index contributed by atoms with van der Waals surface area (Å²) in [6, 6.07) is 4.37. The first-order valence-corrected chi connectivity index (χ1v) is 6.87. The van der Waals surface area contributed by atoms with Crippen LogP contribution in [0.4, 0.5) is 23.7 Å². The third kappa shape index (κ3) is 3.47. The second-order valence-corrected chi connectivity index (χ2v) is 5.59. The van der Waals surface area contributed by atoms with Crippen molar-refractivity contribution in [1.82, 2.24) is 10.2 Å². The first kappa shape index (κ1) is 16.9. The maximum Gasteiger partial charge on any atom is 0.416 e. The van der Waals surface area contributed by atoms with Crippen molar-refractivity contribution in [2.75, 3.05) is 31.5 Å². The fraction of sp³-hybridized carbons (Fsp3) is 0.500. The first-order chi connectivity index (χ1) is 9.93. The zero-order valence-corrected chi connectivity index (χ0v) is 12.5. The van der Waals surface area contributed by atoms with Crippen molar-refractivity contribution in [3.05, 3.63) is 29.8 Å². The number of hydrogen-bond donors (Lipinski definition) is 2. The summed E-state index contributed by atoms with van der Waals surface area (Å²) in [5.41, 5.74) is -0.590. The third-order valence-electron chi connectivity index (χ3n) is 4.12. The molecule has 2 atom stereocenters. The lowest BCUT2D eigenvalue weighted by molar-refractivity contribution is -0.137. The van der Waals surface area contributed by atoms with Crippen LogP contribution in [0.15, 0.2) is 24.3 Å². The molecule has 2 fully saturated rings. The number of anilines is 1. The molecule has 2 unspecified atom stereocenters. The molecule has 8 heteroatoms. The van der Waals surface area contributed by atoms with Crippen molar-refractivity contribution in [1.29, 1.82) is 0 Å². The highest BCUT2D eigenvalue weighted by atomic mass is 35.5. The quantitative estimate of drug-likeness (QED) is 0.829. The Bertz CT molecular complexity index is 540. The molecule has 2 amide bonds. The molecule has 2 N–H and O–H groups in total. The fourth-order valence-electron chi connectivity index (χ4n) is 3.00. The monoisotopic (exact) mass is 335 g/mol. The minimum Gasteiger partial charge on any atom is -0.324 e. The smallest absolute Gasteiger partial charge is 0.324 e. The molecule has 2 saturated heterocycles. The van der Waals surface area contributed by atoms with Crippen LogP contribution in [0.1, 0.15) is 5.56 Å². The van der Waals surface area contributed by atoms with E-state index < -0.39 is 11.7 Å². The number of halogens is 4. The van der Waals surface area contributed by atoms with E-state index in [2.05, 4.69) is 10.6 Å². The Kier molecular flexibility index (Phi) is 4.87. The van der Waals surface area contributed by atoms with Crippen molar-refractivity contribution >= 4 is 24.1 Å². The maximum absolute atomic E-state index is 12.6. The second-order valence-electron chi connectivity index (χ2n) is 5.59. The number of hydrogen-bond acceptors (Lipinski definition) is 2. The van der Waals surface area contributed by atoms with Crippen LogP contribution < -0.4 is 10.6 Å². The zero-order chi connectivity index (χ0) is 15.0. The Morgan fingerprint density at radius 1 is 1.23 bits per heavy atom. The maximum atomic E-state index is 12.6.